The van der Waals surface area contributed by atoms with E-state index in [2.05, 4.69) is 36.2 Å². The Bertz CT molecular complexity index is 374. The van der Waals surface area contributed by atoms with E-state index in [1.165, 1.54) is 50.6 Å². The molecule has 0 bridgehead atoms. The van der Waals surface area contributed by atoms with Crippen LogP contribution in [0.25, 0.3) is 0 Å². The second kappa shape index (κ2) is 8.25. The summed E-state index contributed by atoms with van der Waals surface area (Å²) in [6.07, 6.45) is 9.80. The molecule has 1 unspecified atom stereocenters. The molecule has 0 aliphatic carbocycles. The number of hydrogen-bond acceptors (Lipinski definition) is 3. The maximum atomic E-state index is 4.71. The monoisotopic (exact) mass is 275 g/mol. The Kier molecular flexibility index (Phi) is 6.31. The fourth-order valence-electron chi connectivity index (χ4n) is 3.00. The van der Waals surface area contributed by atoms with Crippen molar-refractivity contribution in [2.75, 3.05) is 18.0 Å². The molecule has 0 saturated carbocycles. The van der Waals surface area contributed by atoms with Crippen LogP contribution in [0.2, 0.25) is 0 Å². The van der Waals surface area contributed by atoms with E-state index in [0.29, 0.717) is 6.04 Å². The number of hydrogen-bond donors (Lipinski definition) is 1. The average molecular weight is 275 g/mol. The first-order valence-corrected chi connectivity index (χ1v) is 8.27. The van der Waals surface area contributed by atoms with Gasteiger partial charge >= 0.3 is 0 Å². The lowest BCUT2D eigenvalue weighted by atomic mass is 10.1. The molecule has 2 heterocycles. The van der Waals surface area contributed by atoms with Crippen LogP contribution in [0, 0.1) is 0 Å². The average Bonchev–Trinajstić information content (AvgIpc) is 2.73. The predicted molar refractivity (Wildman–Crippen MR) is 86.1 cm³/mol. The van der Waals surface area contributed by atoms with Gasteiger partial charge in [-0.15, -0.1) is 0 Å². The summed E-state index contributed by atoms with van der Waals surface area (Å²) in [5.41, 5.74) is 1.28. The SMILES string of the molecule is CCCNCc1ccc(N2CCCCCC2CC)nc1. The van der Waals surface area contributed by atoms with Crippen LogP contribution >= 0.6 is 0 Å². The second-order valence-electron chi connectivity index (χ2n) is 5.81. The van der Waals surface area contributed by atoms with Gasteiger partial charge in [0.05, 0.1) is 0 Å². The predicted octanol–water partition coefficient (Wildman–Crippen LogP) is 3.74. The van der Waals surface area contributed by atoms with E-state index in [0.717, 1.165) is 18.9 Å². The van der Waals surface area contributed by atoms with Crippen molar-refractivity contribution < 1.29 is 0 Å². The van der Waals surface area contributed by atoms with Crippen molar-refractivity contribution in [3.05, 3.63) is 23.9 Å². The summed E-state index contributed by atoms with van der Waals surface area (Å²) in [5.74, 6) is 1.16. The number of aromatic nitrogens is 1. The first-order valence-electron chi connectivity index (χ1n) is 8.27. The fourth-order valence-corrected chi connectivity index (χ4v) is 3.00. The topological polar surface area (TPSA) is 28.2 Å². The molecule has 0 spiro atoms. The summed E-state index contributed by atoms with van der Waals surface area (Å²) < 4.78 is 0. The van der Waals surface area contributed by atoms with Crippen molar-refractivity contribution >= 4 is 5.82 Å². The number of pyridine rings is 1. The molecule has 0 aromatic carbocycles. The summed E-state index contributed by atoms with van der Waals surface area (Å²) in [6.45, 7) is 7.66. The highest BCUT2D eigenvalue weighted by Gasteiger charge is 2.20. The third-order valence-corrected chi connectivity index (χ3v) is 4.21. The van der Waals surface area contributed by atoms with Crippen LogP contribution in [0.4, 0.5) is 5.82 Å². The van der Waals surface area contributed by atoms with E-state index in [-0.39, 0.29) is 0 Å². The van der Waals surface area contributed by atoms with Crippen LogP contribution in [-0.2, 0) is 6.54 Å². The molecule has 3 nitrogen and oxygen atoms in total. The van der Waals surface area contributed by atoms with E-state index in [1.54, 1.807) is 0 Å². The Hall–Kier alpha value is -1.09. The quantitative estimate of drug-likeness (QED) is 0.802. The van der Waals surface area contributed by atoms with Crippen molar-refractivity contribution in [1.82, 2.24) is 10.3 Å². The van der Waals surface area contributed by atoms with Gasteiger partial charge in [-0.05, 0) is 43.9 Å². The molecule has 1 aliphatic rings. The molecule has 1 aliphatic heterocycles. The molecule has 1 aromatic heterocycles. The highest BCUT2D eigenvalue weighted by Crippen LogP contribution is 2.24. The van der Waals surface area contributed by atoms with Gasteiger partial charge < -0.3 is 10.2 Å². The van der Waals surface area contributed by atoms with E-state index in [4.69, 9.17) is 4.98 Å². The van der Waals surface area contributed by atoms with Gasteiger partial charge in [0.15, 0.2) is 0 Å². The second-order valence-corrected chi connectivity index (χ2v) is 5.81. The smallest absolute Gasteiger partial charge is 0.128 e. The molecule has 1 fully saturated rings. The van der Waals surface area contributed by atoms with Crippen LogP contribution in [0.5, 0.6) is 0 Å². The molecule has 1 N–H and O–H groups in total. The zero-order chi connectivity index (χ0) is 14.2. The third kappa shape index (κ3) is 4.20. The molecule has 0 radical (unpaired) electrons. The van der Waals surface area contributed by atoms with Gasteiger partial charge in [0.1, 0.15) is 5.82 Å². The maximum Gasteiger partial charge on any atom is 0.128 e. The summed E-state index contributed by atoms with van der Waals surface area (Å²) in [5, 5.41) is 3.43. The Morgan fingerprint density at radius 3 is 2.85 bits per heavy atom. The van der Waals surface area contributed by atoms with Crippen molar-refractivity contribution in [3.63, 3.8) is 0 Å². The van der Waals surface area contributed by atoms with Crippen molar-refractivity contribution in [1.29, 1.82) is 0 Å². The Morgan fingerprint density at radius 2 is 2.15 bits per heavy atom. The first-order chi connectivity index (χ1) is 9.85. The van der Waals surface area contributed by atoms with Crippen LogP contribution in [-0.4, -0.2) is 24.1 Å². The minimum atomic E-state index is 0.675. The zero-order valence-corrected chi connectivity index (χ0v) is 13.1. The minimum absolute atomic E-state index is 0.675. The third-order valence-electron chi connectivity index (χ3n) is 4.21. The molecule has 2 rings (SSSR count). The number of nitrogens with zero attached hydrogens (tertiary/aromatic N) is 2. The maximum absolute atomic E-state index is 4.71. The van der Waals surface area contributed by atoms with Gasteiger partial charge in [-0.3, -0.25) is 0 Å². The summed E-state index contributed by atoms with van der Waals surface area (Å²) >= 11 is 0. The van der Waals surface area contributed by atoms with Crippen LogP contribution in [0.15, 0.2) is 18.3 Å². The normalized spacial score (nSPS) is 19.9. The number of anilines is 1. The standard InChI is InChI=1S/C17H29N3/c1-3-11-18-13-15-9-10-17(19-14-15)20-12-7-5-6-8-16(20)4-2/h9-10,14,16,18H,3-8,11-13H2,1-2H3. The molecule has 112 valence electrons. The minimum Gasteiger partial charge on any atom is -0.354 e. The largest absolute Gasteiger partial charge is 0.354 e. The molecule has 1 atom stereocenters. The Labute approximate surface area is 123 Å². The molecular formula is C17H29N3. The molecule has 20 heavy (non-hydrogen) atoms. The van der Waals surface area contributed by atoms with Crippen LogP contribution < -0.4 is 10.2 Å². The zero-order valence-electron chi connectivity index (χ0n) is 13.1. The van der Waals surface area contributed by atoms with Crippen LogP contribution in [0.1, 0.15) is 57.9 Å². The summed E-state index contributed by atoms with van der Waals surface area (Å²) in [6, 6.07) is 5.11. The summed E-state index contributed by atoms with van der Waals surface area (Å²) in [7, 11) is 0. The van der Waals surface area contributed by atoms with Gasteiger partial charge in [0, 0.05) is 25.3 Å². The highest BCUT2D eigenvalue weighted by molar-refractivity contribution is 5.40. The first kappa shape index (κ1) is 15.3. The van der Waals surface area contributed by atoms with Crippen molar-refractivity contribution in [3.8, 4) is 0 Å². The van der Waals surface area contributed by atoms with Gasteiger partial charge in [-0.1, -0.05) is 32.8 Å². The van der Waals surface area contributed by atoms with Gasteiger partial charge in [0.2, 0.25) is 0 Å². The molecule has 3 heteroatoms. The lowest BCUT2D eigenvalue weighted by molar-refractivity contribution is 0.552. The van der Waals surface area contributed by atoms with Crippen LogP contribution in [0.3, 0.4) is 0 Å². The highest BCUT2D eigenvalue weighted by atomic mass is 15.2. The van der Waals surface area contributed by atoms with E-state index in [1.807, 2.05) is 6.20 Å². The molecule has 1 saturated heterocycles. The Morgan fingerprint density at radius 1 is 1.25 bits per heavy atom. The molecule has 1 aromatic rings. The summed E-state index contributed by atoms with van der Waals surface area (Å²) in [4.78, 5) is 7.23. The van der Waals surface area contributed by atoms with Crippen molar-refractivity contribution in [2.24, 2.45) is 0 Å². The van der Waals surface area contributed by atoms with E-state index in [9.17, 15) is 0 Å². The van der Waals surface area contributed by atoms with E-state index >= 15 is 0 Å². The van der Waals surface area contributed by atoms with Crippen molar-refractivity contribution in [2.45, 2.75) is 65.0 Å². The molecule has 0 amide bonds. The fraction of sp³-hybridized carbons (Fsp3) is 0.706. The number of rotatable bonds is 6. The van der Waals surface area contributed by atoms with Gasteiger partial charge in [-0.25, -0.2) is 4.98 Å². The Balaban J connectivity index is 1.99. The lowest BCUT2D eigenvalue weighted by Crippen LogP contribution is -2.35. The molecular weight excluding hydrogens is 246 g/mol. The lowest BCUT2D eigenvalue weighted by Gasteiger charge is -2.30. The van der Waals surface area contributed by atoms with Gasteiger partial charge in [-0.2, -0.15) is 0 Å². The van der Waals surface area contributed by atoms with E-state index < -0.39 is 0 Å². The van der Waals surface area contributed by atoms with Gasteiger partial charge in [0.25, 0.3) is 0 Å². The number of nitrogens with one attached hydrogen (secondary N) is 1.